The van der Waals surface area contributed by atoms with Crippen molar-refractivity contribution in [2.75, 3.05) is 26.2 Å². The normalized spacial score (nSPS) is 15.5. The summed E-state index contributed by atoms with van der Waals surface area (Å²) in [5, 5.41) is 19.6. The van der Waals surface area contributed by atoms with Crippen LogP contribution in [0.5, 0.6) is 11.5 Å². The highest BCUT2D eigenvalue weighted by Crippen LogP contribution is 2.35. The zero-order valence-corrected chi connectivity index (χ0v) is 16.9. The number of rotatable bonds is 8. The van der Waals surface area contributed by atoms with Crippen LogP contribution in [-0.2, 0) is 0 Å². The number of nitrogens with zero attached hydrogens (tertiary/aromatic N) is 1. The fraction of sp³-hybridized carbons (Fsp3) is 0.375. The lowest BCUT2D eigenvalue weighted by Crippen LogP contribution is -2.37. The highest BCUT2D eigenvalue weighted by Gasteiger charge is 2.27. The second-order valence-electron chi connectivity index (χ2n) is 7.82. The fourth-order valence-corrected chi connectivity index (χ4v) is 4.00. The molecule has 0 unspecified atom stereocenters. The van der Waals surface area contributed by atoms with E-state index >= 15 is 0 Å². The second-order valence-corrected chi connectivity index (χ2v) is 7.82. The van der Waals surface area contributed by atoms with Crippen molar-refractivity contribution in [1.29, 1.82) is 5.41 Å². The molecule has 0 spiro atoms. The molecular formula is C24H27FN2O3. The van der Waals surface area contributed by atoms with E-state index in [1.807, 2.05) is 24.3 Å². The Kier molecular flexibility index (Phi) is 6.33. The van der Waals surface area contributed by atoms with E-state index in [-0.39, 0.29) is 17.5 Å². The average molecular weight is 410 g/mol. The van der Waals surface area contributed by atoms with Gasteiger partial charge >= 0.3 is 0 Å². The van der Waals surface area contributed by atoms with Gasteiger partial charge in [-0.3, -0.25) is 0 Å². The number of hydrogen-bond acceptors (Lipinski definition) is 5. The number of unbranched alkanes of at least 4 members (excludes halogenated alkanes) is 1. The molecule has 1 aromatic heterocycles. The van der Waals surface area contributed by atoms with Gasteiger partial charge in [-0.1, -0.05) is 12.1 Å². The summed E-state index contributed by atoms with van der Waals surface area (Å²) < 4.78 is 24.3. The first-order valence-corrected chi connectivity index (χ1v) is 10.5. The van der Waals surface area contributed by atoms with Gasteiger partial charge in [-0.15, -0.1) is 0 Å². The van der Waals surface area contributed by atoms with Crippen LogP contribution in [0.3, 0.4) is 0 Å². The standard InChI is InChI=1S/C24H27FN2O3/c25-18-7-9-19(10-8-18)29-16-4-3-13-27-14-11-17(12-15-27)22(26)24-23(28)20-5-1-2-6-21(20)30-24/h1-2,5-10,17,26,28H,3-4,11-16H2. The molecule has 4 rings (SSSR count). The van der Waals surface area contributed by atoms with Crippen LogP contribution in [0.2, 0.25) is 0 Å². The van der Waals surface area contributed by atoms with Gasteiger partial charge in [0.25, 0.3) is 0 Å². The molecule has 5 nitrogen and oxygen atoms in total. The van der Waals surface area contributed by atoms with Crippen molar-refractivity contribution in [3.8, 4) is 11.5 Å². The van der Waals surface area contributed by atoms with Gasteiger partial charge in [-0.2, -0.15) is 0 Å². The van der Waals surface area contributed by atoms with Crippen LogP contribution >= 0.6 is 0 Å². The number of hydrogen-bond donors (Lipinski definition) is 2. The monoisotopic (exact) mass is 410 g/mol. The second kappa shape index (κ2) is 9.30. The molecule has 0 atom stereocenters. The first-order chi connectivity index (χ1) is 14.6. The van der Waals surface area contributed by atoms with Gasteiger partial charge in [-0.05, 0) is 81.7 Å². The van der Waals surface area contributed by atoms with Crippen molar-refractivity contribution in [2.24, 2.45) is 5.92 Å². The molecule has 2 aromatic carbocycles. The summed E-state index contributed by atoms with van der Waals surface area (Å²) in [7, 11) is 0. The van der Waals surface area contributed by atoms with Gasteiger partial charge in [-0.25, -0.2) is 4.39 Å². The predicted molar refractivity (Wildman–Crippen MR) is 115 cm³/mol. The number of nitrogens with one attached hydrogen (secondary N) is 1. The number of aromatic hydroxyl groups is 1. The molecule has 1 fully saturated rings. The molecule has 1 aliphatic rings. The highest BCUT2D eigenvalue weighted by atomic mass is 19.1. The Labute approximate surface area is 175 Å². The molecule has 0 bridgehead atoms. The summed E-state index contributed by atoms with van der Waals surface area (Å²) >= 11 is 0. The molecular weight excluding hydrogens is 383 g/mol. The molecule has 0 saturated carbocycles. The smallest absolute Gasteiger partial charge is 0.190 e. The van der Waals surface area contributed by atoms with Crippen molar-refractivity contribution in [2.45, 2.75) is 25.7 Å². The van der Waals surface area contributed by atoms with E-state index in [0.29, 0.717) is 34.8 Å². The third-order valence-corrected chi connectivity index (χ3v) is 5.76. The fourth-order valence-electron chi connectivity index (χ4n) is 4.00. The number of halogens is 1. The molecule has 1 aliphatic heterocycles. The number of fused-ring (bicyclic) bond motifs is 1. The van der Waals surface area contributed by atoms with E-state index in [0.717, 1.165) is 45.3 Å². The van der Waals surface area contributed by atoms with Gasteiger partial charge in [0.15, 0.2) is 11.5 Å². The lowest BCUT2D eigenvalue weighted by Gasteiger charge is -2.31. The van der Waals surface area contributed by atoms with Crippen molar-refractivity contribution in [3.05, 3.63) is 60.1 Å². The van der Waals surface area contributed by atoms with Gasteiger partial charge in [0.2, 0.25) is 0 Å². The van der Waals surface area contributed by atoms with Crippen LogP contribution in [0.4, 0.5) is 4.39 Å². The number of piperidine rings is 1. The molecule has 158 valence electrons. The Morgan fingerprint density at radius 1 is 1.10 bits per heavy atom. The van der Waals surface area contributed by atoms with Crippen molar-refractivity contribution >= 4 is 16.7 Å². The van der Waals surface area contributed by atoms with E-state index in [1.54, 1.807) is 12.1 Å². The van der Waals surface area contributed by atoms with E-state index in [2.05, 4.69) is 4.90 Å². The third kappa shape index (κ3) is 4.65. The predicted octanol–water partition coefficient (Wildman–Crippen LogP) is 5.22. The van der Waals surface area contributed by atoms with Crippen LogP contribution in [0.1, 0.15) is 31.4 Å². The van der Waals surface area contributed by atoms with Gasteiger partial charge in [0, 0.05) is 5.92 Å². The molecule has 0 aliphatic carbocycles. The Balaban J connectivity index is 1.19. The molecule has 0 amide bonds. The molecule has 3 aromatic rings. The van der Waals surface area contributed by atoms with Crippen LogP contribution in [0.25, 0.3) is 11.0 Å². The molecule has 1 saturated heterocycles. The first-order valence-electron chi connectivity index (χ1n) is 10.5. The third-order valence-electron chi connectivity index (χ3n) is 5.76. The summed E-state index contributed by atoms with van der Waals surface area (Å²) in [6.07, 6.45) is 3.76. The van der Waals surface area contributed by atoms with Crippen molar-refractivity contribution in [1.82, 2.24) is 4.90 Å². The summed E-state index contributed by atoms with van der Waals surface area (Å²) in [5.74, 6) is 0.945. The Morgan fingerprint density at radius 2 is 1.83 bits per heavy atom. The zero-order valence-electron chi connectivity index (χ0n) is 16.9. The SMILES string of the molecule is N=C(c1oc2ccccc2c1O)C1CCN(CCCCOc2ccc(F)cc2)CC1. The average Bonchev–Trinajstić information content (AvgIpc) is 3.11. The molecule has 6 heteroatoms. The van der Waals surface area contributed by atoms with Crippen LogP contribution in [0, 0.1) is 17.1 Å². The zero-order chi connectivity index (χ0) is 20.9. The van der Waals surface area contributed by atoms with E-state index in [4.69, 9.17) is 14.6 Å². The number of furan rings is 1. The molecule has 0 radical (unpaired) electrons. The van der Waals surface area contributed by atoms with Crippen LogP contribution in [0.15, 0.2) is 52.9 Å². The Bertz CT molecular complexity index is 991. The summed E-state index contributed by atoms with van der Waals surface area (Å²) in [5.41, 5.74) is 1.02. The summed E-state index contributed by atoms with van der Waals surface area (Å²) in [6, 6.07) is 13.5. The molecule has 2 heterocycles. The lowest BCUT2D eigenvalue weighted by molar-refractivity contribution is 0.199. The minimum atomic E-state index is -0.255. The van der Waals surface area contributed by atoms with Gasteiger partial charge in [0.1, 0.15) is 17.1 Å². The summed E-state index contributed by atoms with van der Waals surface area (Å²) in [6.45, 7) is 3.50. The van der Waals surface area contributed by atoms with E-state index < -0.39 is 0 Å². The lowest BCUT2D eigenvalue weighted by atomic mass is 9.90. The maximum atomic E-state index is 12.9. The van der Waals surface area contributed by atoms with Crippen LogP contribution < -0.4 is 4.74 Å². The number of para-hydroxylation sites is 1. The topological polar surface area (TPSA) is 69.7 Å². The summed E-state index contributed by atoms with van der Waals surface area (Å²) in [4.78, 5) is 2.42. The molecule has 30 heavy (non-hydrogen) atoms. The highest BCUT2D eigenvalue weighted by molar-refractivity contribution is 6.05. The van der Waals surface area contributed by atoms with Crippen molar-refractivity contribution < 1.29 is 18.7 Å². The maximum Gasteiger partial charge on any atom is 0.190 e. The minimum Gasteiger partial charge on any atom is -0.504 e. The number of likely N-dealkylation sites (tertiary alicyclic amines) is 1. The quantitative estimate of drug-likeness (QED) is 0.395. The maximum absolute atomic E-state index is 12.9. The van der Waals surface area contributed by atoms with E-state index in [1.165, 1.54) is 12.1 Å². The van der Waals surface area contributed by atoms with Gasteiger partial charge in [0.05, 0.1) is 17.7 Å². The largest absolute Gasteiger partial charge is 0.504 e. The van der Waals surface area contributed by atoms with Crippen LogP contribution in [-0.4, -0.2) is 42.0 Å². The Morgan fingerprint density at radius 3 is 2.57 bits per heavy atom. The minimum absolute atomic E-state index is 0.0826. The number of ether oxygens (including phenoxy) is 1. The van der Waals surface area contributed by atoms with Gasteiger partial charge < -0.3 is 24.6 Å². The Hall–Kier alpha value is -2.86. The molecule has 2 N–H and O–H groups in total. The number of benzene rings is 2. The van der Waals surface area contributed by atoms with E-state index in [9.17, 15) is 9.50 Å². The first kappa shape index (κ1) is 20.4. The van der Waals surface area contributed by atoms with Crippen molar-refractivity contribution in [3.63, 3.8) is 0 Å².